The Morgan fingerprint density at radius 2 is 0.675 bits per heavy atom. The SMILES string of the molecule is c1ccc(-c2ccccc2Oc2cc3c4c(c2)N(c2ccccc2)c2cc5c(cc2B4c2ccccc2O3)B2c3ccccc3N(c3ccccc3)c3cc(Oc4ccccc4-c4ccccc4)cc(c32)N5c2ccccc2)cc1. The number of anilines is 9. The monoisotopic (exact) mass is 1020 g/mol. The zero-order valence-electron chi connectivity index (χ0n) is 43.4. The molecule has 4 aliphatic rings. The predicted octanol–water partition coefficient (Wildman–Crippen LogP) is 15.1. The lowest BCUT2D eigenvalue weighted by atomic mass is 9.30. The van der Waals surface area contributed by atoms with Gasteiger partial charge < -0.3 is 28.9 Å². The summed E-state index contributed by atoms with van der Waals surface area (Å²) in [6.07, 6.45) is 0. The summed E-state index contributed by atoms with van der Waals surface area (Å²) in [5, 5.41) is 0. The first-order valence-corrected chi connectivity index (χ1v) is 27.3. The van der Waals surface area contributed by atoms with Crippen molar-refractivity contribution in [3.63, 3.8) is 0 Å². The molecule has 4 heterocycles. The fourth-order valence-electron chi connectivity index (χ4n) is 12.8. The van der Waals surface area contributed by atoms with Gasteiger partial charge in [-0.25, -0.2) is 0 Å². The molecular formula is C72H47B2N3O3. The number of para-hydroxylation sites is 7. The van der Waals surface area contributed by atoms with Gasteiger partial charge in [0, 0.05) is 86.6 Å². The van der Waals surface area contributed by atoms with Crippen molar-refractivity contribution in [2.24, 2.45) is 0 Å². The van der Waals surface area contributed by atoms with E-state index < -0.39 is 0 Å². The van der Waals surface area contributed by atoms with Gasteiger partial charge in [0.1, 0.15) is 34.5 Å². The molecule has 12 aromatic rings. The number of benzene rings is 12. The van der Waals surface area contributed by atoms with Crippen LogP contribution in [0.1, 0.15) is 0 Å². The Hall–Kier alpha value is -10.4. The molecule has 0 aromatic heterocycles. The highest BCUT2D eigenvalue weighted by molar-refractivity contribution is 7.02. The summed E-state index contributed by atoms with van der Waals surface area (Å²) in [7, 11) is 0. The molecular weight excluding hydrogens is 976 g/mol. The van der Waals surface area contributed by atoms with Crippen LogP contribution in [0.3, 0.4) is 0 Å². The molecule has 0 aliphatic carbocycles. The molecule has 0 saturated carbocycles. The van der Waals surface area contributed by atoms with Crippen molar-refractivity contribution in [1.29, 1.82) is 0 Å². The average Bonchev–Trinajstić information content (AvgIpc) is 3.55. The van der Waals surface area contributed by atoms with Crippen molar-refractivity contribution in [2.45, 2.75) is 0 Å². The van der Waals surface area contributed by atoms with Crippen LogP contribution >= 0.6 is 0 Å². The molecule has 4 aliphatic heterocycles. The van der Waals surface area contributed by atoms with Crippen LogP contribution in [0, 0.1) is 0 Å². The number of hydrogen-bond donors (Lipinski definition) is 0. The van der Waals surface area contributed by atoms with Crippen molar-refractivity contribution in [1.82, 2.24) is 0 Å². The highest BCUT2D eigenvalue weighted by Crippen LogP contribution is 2.50. The predicted molar refractivity (Wildman–Crippen MR) is 330 cm³/mol. The van der Waals surface area contributed by atoms with Gasteiger partial charge in [-0.3, -0.25) is 0 Å². The molecule has 12 aromatic carbocycles. The van der Waals surface area contributed by atoms with Gasteiger partial charge >= 0.3 is 0 Å². The summed E-state index contributed by atoms with van der Waals surface area (Å²) in [5.74, 6) is 4.55. The van der Waals surface area contributed by atoms with E-state index in [1.165, 1.54) is 21.9 Å². The number of ether oxygens (including phenoxy) is 3. The van der Waals surface area contributed by atoms with Crippen molar-refractivity contribution in [3.8, 4) is 56.8 Å². The molecule has 8 heteroatoms. The van der Waals surface area contributed by atoms with E-state index in [4.69, 9.17) is 14.2 Å². The van der Waals surface area contributed by atoms with Crippen LogP contribution in [0.4, 0.5) is 51.2 Å². The standard InChI is InChI=1S/C72H47B2N3O3/c1-6-24-48(25-7-1)55-34-16-21-39-67(55)78-53-42-64-71-65(43-53)76(51-30-12-4-13-31-51)62-47-63-60(46-59(62)73(71)57-36-18-20-38-61(57)75(64)50-28-10-3-11-29-50)74-58-37-19-23-41-69(58)80-70-45-54(44-66(72(70)74)77(63)52-32-14-5-15-33-52)79-68-40-22-17-35-56(68)49-26-8-2-9-27-49/h1-47H. The third-order valence-electron chi connectivity index (χ3n) is 16.2. The third-order valence-corrected chi connectivity index (χ3v) is 16.2. The van der Waals surface area contributed by atoms with Gasteiger partial charge in [0.15, 0.2) is 0 Å². The molecule has 0 amide bonds. The van der Waals surface area contributed by atoms with Crippen LogP contribution in [0.2, 0.25) is 0 Å². The largest absolute Gasteiger partial charge is 0.458 e. The molecule has 0 bridgehead atoms. The molecule has 0 atom stereocenters. The molecule has 0 radical (unpaired) electrons. The Balaban J connectivity index is 0.962. The lowest BCUT2D eigenvalue weighted by molar-refractivity contribution is 0.464. The van der Waals surface area contributed by atoms with Crippen molar-refractivity contribution < 1.29 is 14.2 Å². The quantitative estimate of drug-likeness (QED) is 0.134. The first kappa shape index (κ1) is 45.7. The van der Waals surface area contributed by atoms with Crippen molar-refractivity contribution in [3.05, 3.63) is 285 Å². The fraction of sp³-hybridized carbons (Fsp3) is 0. The van der Waals surface area contributed by atoms with Crippen LogP contribution in [-0.2, 0) is 0 Å². The first-order chi connectivity index (χ1) is 39.7. The summed E-state index contributed by atoms with van der Waals surface area (Å²) < 4.78 is 21.4. The Bertz CT molecular complexity index is 4370. The highest BCUT2D eigenvalue weighted by Gasteiger charge is 2.48. The smallest absolute Gasteiger partial charge is 0.256 e. The summed E-state index contributed by atoms with van der Waals surface area (Å²) in [6.45, 7) is -0.342. The molecule has 0 saturated heterocycles. The highest BCUT2D eigenvalue weighted by atomic mass is 16.5. The third kappa shape index (κ3) is 7.37. The summed E-state index contributed by atoms with van der Waals surface area (Å²) in [5.41, 5.74) is 20.7. The second-order valence-electron chi connectivity index (χ2n) is 20.7. The molecule has 0 unspecified atom stereocenters. The minimum atomic E-state index is -0.179. The van der Waals surface area contributed by atoms with Gasteiger partial charge in [0.2, 0.25) is 0 Å². The van der Waals surface area contributed by atoms with Gasteiger partial charge in [0.25, 0.3) is 13.4 Å². The van der Waals surface area contributed by atoms with E-state index in [9.17, 15) is 0 Å². The van der Waals surface area contributed by atoms with Gasteiger partial charge in [0.05, 0.1) is 0 Å². The van der Waals surface area contributed by atoms with E-state index >= 15 is 0 Å². The Morgan fingerprint density at radius 3 is 1.21 bits per heavy atom. The van der Waals surface area contributed by atoms with Crippen molar-refractivity contribution >= 4 is 97.4 Å². The maximum atomic E-state index is 7.26. The average molecular weight is 1020 g/mol. The maximum Gasteiger partial charge on any atom is 0.256 e. The zero-order chi connectivity index (χ0) is 52.7. The van der Waals surface area contributed by atoms with Crippen LogP contribution < -0.4 is 61.7 Å². The summed E-state index contributed by atoms with van der Waals surface area (Å²) in [6, 6.07) is 101. The lowest BCUT2D eigenvalue weighted by Gasteiger charge is -2.46. The normalized spacial score (nSPS) is 13.0. The van der Waals surface area contributed by atoms with Crippen LogP contribution in [0.25, 0.3) is 22.3 Å². The Labute approximate surface area is 465 Å². The van der Waals surface area contributed by atoms with E-state index in [0.29, 0.717) is 5.75 Å². The van der Waals surface area contributed by atoms with E-state index in [1.54, 1.807) is 0 Å². The van der Waals surface area contributed by atoms with Crippen molar-refractivity contribution in [2.75, 3.05) is 14.7 Å². The van der Waals surface area contributed by atoms with E-state index in [-0.39, 0.29) is 13.4 Å². The maximum absolute atomic E-state index is 7.26. The molecule has 6 nitrogen and oxygen atoms in total. The lowest BCUT2D eigenvalue weighted by Crippen LogP contribution is -2.64. The second kappa shape index (κ2) is 18.6. The van der Waals surface area contributed by atoms with E-state index in [0.717, 1.165) is 113 Å². The molecule has 0 N–H and O–H groups in total. The van der Waals surface area contributed by atoms with E-state index in [1.807, 2.05) is 18.2 Å². The first-order valence-electron chi connectivity index (χ1n) is 27.3. The molecule has 80 heavy (non-hydrogen) atoms. The summed E-state index contributed by atoms with van der Waals surface area (Å²) >= 11 is 0. The number of fused-ring (bicyclic) bond motifs is 8. The van der Waals surface area contributed by atoms with Gasteiger partial charge in [-0.1, -0.05) is 194 Å². The Kier molecular flexibility index (Phi) is 10.7. The minimum absolute atomic E-state index is 0.163. The number of nitrogens with zero attached hydrogens (tertiary/aromatic N) is 3. The Morgan fingerprint density at radius 1 is 0.275 bits per heavy atom. The fourth-order valence-corrected chi connectivity index (χ4v) is 12.8. The second-order valence-corrected chi connectivity index (χ2v) is 20.7. The van der Waals surface area contributed by atoms with Gasteiger partial charge in [-0.15, -0.1) is 0 Å². The molecule has 0 fully saturated rings. The van der Waals surface area contributed by atoms with Crippen LogP contribution in [0.5, 0.6) is 34.5 Å². The number of hydrogen-bond acceptors (Lipinski definition) is 6. The van der Waals surface area contributed by atoms with Gasteiger partial charge in [-0.2, -0.15) is 0 Å². The number of rotatable bonds is 9. The van der Waals surface area contributed by atoms with E-state index in [2.05, 4.69) is 282 Å². The molecule has 374 valence electrons. The zero-order valence-corrected chi connectivity index (χ0v) is 43.4. The van der Waals surface area contributed by atoms with Crippen LogP contribution in [-0.4, -0.2) is 13.4 Å². The topological polar surface area (TPSA) is 37.4 Å². The molecule has 16 rings (SSSR count). The van der Waals surface area contributed by atoms with Gasteiger partial charge in [-0.05, 0) is 111 Å². The molecule has 0 spiro atoms. The van der Waals surface area contributed by atoms with Crippen LogP contribution in [0.15, 0.2) is 285 Å². The summed E-state index contributed by atoms with van der Waals surface area (Å²) in [4.78, 5) is 7.33. The minimum Gasteiger partial charge on any atom is -0.458 e.